The highest BCUT2D eigenvalue weighted by molar-refractivity contribution is 9.09. The summed E-state index contributed by atoms with van der Waals surface area (Å²) in [5, 5.41) is 4.12. The predicted octanol–water partition coefficient (Wildman–Crippen LogP) is 3.88. The molecular formula is C14H26BrNO. The standard InChI is InChI=1S/C14H26BrNO/c1-11(10-15)12(2)16-14(17)13-8-6-4-3-5-7-9-13/h11-13H,3-10H2,1-2H3,(H,16,17). The number of halogens is 1. The number of alkyl halides is 1. The van der Waals surface area contributed by atoms with Crippen molar-refractivity contribution in [1.29, 1.82) is 0 Å². The second-order valence-electron chi connectivity index (χ2n) is 5.47. The van der Waals surface area contributed by atoms with Gasteiger partial charge in [-0.2, -0.15) is 0 Å². The topological polar surface area (TPSA) is 29.1 Å². The van der Waals surface area contributed by atoms with E-state index < -0.39 is 0 Å². The Labute approximate surface area is 114 Å². The molecule has 0 aromatic rings. The van der Waals surface area contributed by atoms with E-state index in [1.807, 2.05) is 0 Å². The second kappa shape index (κ2) is 8.12. The lowest BCUT2D eigenvalue weighted by atomic mass is 9.90. The van der Waals surface area contributed by atoms with E-state index in [0.717, 1.165) is 18.2 Å². The van der Waals surface area contributed by atoms with Gasteiger partial charge in [-0.15, -0.1) is 0 Å². The minimum Gasteiger partial charge on any atom is -0.353 e. The maximum atomic E-state index is 12.2. The first-order valence-electron chi connectivity index (χ1n) is 7.01. The number of carbonyl (C=O) groups excluding carboxylic acids is 1. The SMILES string of the molecule is CC(CBr)C(C)NC(=O)C1CCCCCCC1. The fraction of sp³-hybridized carbons (Fsp3) is 0.929. The minimum absolute atomic E-state index is 0.264. The second-order valence-corrected chi connectivity index (χ2v) is 6.12. The molecule has 1 aliphatic rings. The monoisotopic (exact) mass is 303 g/mol. The molecule has 1 amide bonds. The molecule has 1 saturated carbocycles. The van der Waals surface area contributed by atoms with Crippen molar-refractivity contribution < 1.29 is 4.79 Å². The van der Waals surface area contributed by atoms with Crippen LogP contribution in [0, 0.1) is 11.8 Å². The van der Waals surface area contributed by atoms with Crippen LogP contribution in [0.3, 0.4) is 0 Å². The number of nitrogens with one attached hydrogen (secondary N) is 1. The summed E-state index contributed by atoms with van der Waals surface area (Å²) in [5.74, 6) is 1.04. The van der Waals surface area contributed by atoms with E-state index in [9.17, 15) is 4.79 Å². The Balaban J connectivity index is 2.38. The molecule has 2 unspecified atom stereocenters. The zero-order valence-corrected chi connectivity index (χ0v) is 12.8. The van der Waals surface area contributed by atoms with E-state index in [1.54, 1.807) is 0 Å². The third kappa shape index (κ3) is 5.41. The van der Waals surface area contributed by atoms with Crippen LogP contribution in [0.25, 0.3) is 0 Å². The third-order valence-electron chi connectivity index (χ3n) is 3.94. The van der Waals surface area contributed by atoms with Crippen LogP contribution in [0.4, 0.5) is 0 Å². The fourth-order valence-electron chi connectivity index (χ4n) is 2.34. The Bertz CT molecular complexity index is 224. The van der Waals surface area contributed by atoms with Gasteiger partial charge in [0.25, 0.3) is 0 Å². The summed E-state index contributed by atoms with van der Waals surface area (Å²) >= 11 is 3.47. The molecule has 0 aliphatic heterocycles. The lowest BCUT2D eigenvalue weighted by Gasteiger charge is -2.24. The van der Waals surface area contributed by atoms with E-state index in [2.05, 4.69) is 35.1 Å². The van der Waals surface area contributed by atoms with Crippen LogP contribution in [0.5, 0.6) is 0 Å². The van der Waals surface area contributed by atoms with Crippen molar-refractivity contribution in [3.63, 3.8) is 0 Å². The van der Waals surface area contributed by atoms with Gasteiger partial charge in [-0.05, 0) is 25.7 Å². The molecular weight excluding hydrogens is 278 g/mol. The highest BCUT2D eigenvalue weighted by Gasteiger charge is 2.22. The molecule has 0 bridgehead atoms. The van der Waals surface area contributed by atoms with Gasteiger partial charge in [0.05, 0.1) is 0 Å². The van der Waals surface area contributed by atoms with Crippen molar-refractivity contribution in [2.75, 3.05) is 5.33 Å². The van der Waals surface area contributed by atoms with Crippen molar-refractivity contribution >= 4 is 21.8 Å². The zero-order chi connectivity index (χ0) is 12.7. The molecule has 2 atom stereocenters. The Morgan fingerprint density at radius 2 is 1.71 bits per heavy atom. The lowest BCUT2D eigenvalue weighted by Crippen LogP contribution is -2.41. The Kier molecular flexibility index (Phi) is 7.17. The smallest absolute Gasteiger partial charge is 0.223 e. The highest BCUT2D eigenvalue weighted by Crippen LogP contribution is 2.22. The zero-order valence-electron chi connectivity index (χ0n) is 11.2. The van der Waals surface area contributed by atoms with E-state index >= 15 is 0 Å². The summed E-state index contributed by atoms with van der Waals surface area (Å²) in [4.78, 5) is 12.2. The first kappa shape index (κ1) is 15.0. The lowest BCUT2D eigenvalue weighted by molar-refractivity contribution is -0.126. The van der Waals surface area contributed by atoms with Gasteiger partial charge in [-0.3, -0.25) is 4.79 Å². The summed E-state index contributed by atoms with van der Waals surface area (Å²) in [6, 6.07) is 0.271. The van der Waals surface area contributed by atoms with Gasteiger partial charge >= 0.3 is 0 Å². The highest BCUT2D eigenvalue weighted by atomic mass is 79.9. The number of hydrogen-bond acceptors (Lipinski definition) is 1. The van der Waals surface area contributed by atoms with Gasteiger partial charge in [0.1, 0.15) is 0 Å². The average molecular weight is 304 g/mol. The number of carbonyl (C=O) groups is 1. The van der Waals surface area contributed by atoms with Crippen molar-refractivity contribution in [2.45, 2.75) is 64.8 Å². The summed E-state index contributed by atoms with van der Waals surface area (Å²) in [7, 11) is 0. The molecule has 0 aromatic carbocycles. The van der Waals surface area contributed by atoms with Crippen LogP contribution in [-0.4, -0.2) is 17.3 Å². The number of hydrogen-bond donors (Lipinski definition) is 1. The minimum atomic E-state index is 0.264. The molecule has 1 aliphatic carbocycles. The normalized spacial score (nSPS) is 22.3. The number of amides is 1. The van der Waals surface area contributed by atoms with Crippen LogP contribution < -0.4 is 5.32 Å². The van der Waals surface area contributed by atoms with Crippen LogP contribution in [-0.2, 0) is 4.79 Å². The molecule has 0 aromatic heterocycles. The largest absolute Gasteiger partial charge is 0.353 e. The van der Waals surface area contributed by atoms with Crippen molar-refractivity contribution in [3.05, 3.63) is 0 Å². The summed E-state index contributed by atoms with van der Waals surface area (Å²) in [5.41, 5.74) is 0. The third-order valence-corrected chi connectivity index (χ3v) is 4.96. The van der Waals surface area contributed by atoms with Gasteiger partial charge < -0.3 is 5.32 Å². The maximum Gasteiger partial charge on any atom is 0.223 e. The van der Waals surface area contributed by atoms with E-state index in [-0.39, 0.29) is 17.9 Å². The first-order chi connectivity index (χ1) is 8.15. The van der Waals surface area contributed by atoms with Gasteiger partial charge in [0.15, 0.2) is 0 Å². The van der Waals surface area contributed by atoms with E-state index in [1.165, 1.54) is 32.1 Å². The number of rotatable bonds is 4. The average Bonchev–Trinajstić information content (AvgIpc) is 2.27. The Morgan fingerprint density at radius 1 is 1.18 bits per heavy atom. The van der Waals surface area contributed by atoms with Gasteiger partial charge in [0.2, 0.25) is 5.91 Å². The first-order valence-corrected chi connectivity index (χ1v) is 8.13. The van der Waals surface area contributed by atoms with E-state index in [0.29, 0.717) is 5.92 Å². The Hall–Kier alpha value is -0.0500. The summed E-state index contributed by atoms with van der Waals surface area (Å²) in [6.07, 6.45) is 8.57. The molecule has 100 valence electrons. The predicted molar refractivity (Wildman–Crippen MR) is 76.4 cm³/mol. The molecule has 17 heavy (non-hydrogen) atoms. The molecule has 1 fully saturated rings. The molecule has 1 rings (SSSR count). The molecule has 0 heterocycles. The summed E-state index contributed by atoms with van der Waals surface area (Å²) in [6.45, 7) is 4.27. The molecule has 0 saturated heterocycles. The van der Waals surface area contributed by atoms with Crippen molar-refractivity contribution in [2.24, 2.45) is 11.8 Å². The fourth-order valence-corrected chi connectivity index (χ4v) is 2.90. The molecule has 3 heteroatoms. The quantitative estimate of drug-likeness (QED) is 0.785. The van der Waals surface area contributed by atoms with Crippen LogP contribution in [0.1, 0.15) is 58.8 Å². The Morgan fingerprint density at radius 3 is 2.24 bits per heavy atom. The molecule has 0 spiro atoms. The molecule has 0 radical (unpaired) electrons. The van der Waals surface area contributed by atoms with Gasteiger partial charge in [-0.25, -0.2) is 0 Å². The van der Waals surface area contributed by atoms with Crippen LogP contribution in [0.15, 0.2) is 0 Å². The van der Waals surface area contributed by atoms with Crippen molar-refractivity contribution in [3.8, 4) is 0 Å². The van der Waals surface area contributed by atoms with Crippen molar-refractivity contribution in [1.82, 2.24) is 5.32 Å². The van der Waals surface area contributed by atoms with Gasteiger partial charge in [-0.1, -0.05) is 55.0 Å². The van der Waals surface area contributed by atoms with Gasteiger partial charge in [0, 0.05) is 17.3 Å². The maximum absolute atomic E-state index is 12.2. The van der Waals surface area contributed by atoms with E-state index in [4.69, 9.17) is 0 Å². The van der Waals surface area contributed by atoms with Crippen LogP contribution in [0.2, 0.25) is 0 Å². The molecule has 2 nitrogen and oxygen atoms in total. The van der Waals surface area contributed by atoms with Crippen LogP contribution >= 0.6 is 15.9 Å². The molecule has 1 N–H and O–H groups in total. The summed E-state index contributed by atoms with van der Waals surface area (Å²) < 4.78 is 0.